The van der Waals surface area contributed by atoms with Crippen molar-refractivity contribution in [3.05, 3.63) is 16.1 Å². The molecule has 18 heavy (non-hydrogen) atoms. The molecule has 0 radical (unpaired) electrons. The molecule has 1 aliphatic rings. The Morgan fingerprint density at radius 3 is 2.50 bits per heavy atom. The summed E-state index contributed by atoms with van der Waals surface area (Å²) in [7, 11) is 2.25. The smallest absolute Gasteiger partial charge is 0.0931 e. The van der Waals surface area contributed by atoms with Gasteiger partial charge in [-0.15, -0.1) is 11.3 Å². The van der Waals surface area contributed by atoms with Crippen LogP contribution in [0.1, 0.15) is 51.7 Å². The molecule has 3 atom stereocenters. The highest BCUT2D eigenvalue weighted by atomic mass is 32.1. The largest absolute Gasteiger partial charge is 0.301 e. The van der Waals surface area contributed by atoms with E-state index in [1.54, 1.807) is 0 Å². The maximum Gasteiger partial charge on any atom is 0.0931 e. The Morgan fingerprint density at radius 1 is 1.39 bits per heavy atom. The third-order valence-corrected chi connectivity index (χ3v) is 5.29. The zero-order valence-corrected chi connectivity index (χ0v) is 13.3. The van der Waals surface area contributed by atoms with Crippen LogP contribution in [0, 0.1) is 5.92 Å². The molecule has 2 nitrogen and oxygen atoms in total. The second-order valence-corrected chi connectivity index (χ2v) is 7.77. The van der Waals surface area contributed by atoms with Crippen molar-refractivity contribution < 1.29 is 0 Å². The van der Waals surface area contributed by atoms with Gasteiger partial charge in [-0.05, 0) is 33.2 Å². The van der Waals surface area contributed by atoms with Crippen molar-refractivity contribution in [2.45, 2.75) is 65.0 Å². The van der Waals surface area contributed by atoms with Gasteiger partial charge in [-0.3, -0.25) is 0 Å². The molecule has 1 fully saturated rings. The minimum absolute atomic E-state index is 0.181. The molecule has 3 heteroatoms. The Hall–Kier alpha value is -0.410. The summed E-state index contributed by atoms with van der Waals surface area (Å²) in [6.07, 6.45) is 2.46. The number of hydrogen-bond donors (Lipinski definition) is 0. The van der Waals surface area contributed by atoms with Crippen LogP contribution in [0.4, 0.5) is 0 Å². The molecule has 2 heterocycles. The summed E-state index contributed by atoms with van der Waals surface area (Å²) in [6, 6.07) is 1.40. The van der Waals surface area contributed by atoms with E-state index in [0.29, 0.717) is 12.1 Å². The number of hydrogen-bond acceptors (Lipinski definition) is 3. The molecule has 0 aliphatic carbocycles. The second-order valence-electron chi connectivity index (χ2n) is 6.83. The van der Waals surface area contributed by atoms with Crippen molar-refractivity contribution in [3.8, 4) is 0 Å². The number of nitrogens with zero attached hydrogens (tertiary/aromatic N) is 2. The standard InChI is InChI=1S/C15H26N2S/c1-10-7-12(11(2)17(10)6)8-14-16-13(9-18-14)15(3,4)5/h9-12H,7-8H2,1-6H3/t10?,11-,12?/m1/s1. The molecular formula is C15H26N2S. The maximum absolute atomic E-state index is 4.83. The van der Waals surface area contributed by atoms with E-state index in [9.17, 15) is 0 Å². The van der Waals surface area contributed by atoms with E-state index in [0.717, 1.165) is 12.3 Å². The van der Waals surface area contributed by atoms with Crippen LogP contribution in [0.25, 0.3) is 0 Å². The molecule has 0 saturated carbocycles. The topological polar surface area (TPSA) is 16.1 Å². The SMILES string of the molecule is CC1CC(Cc2nc(C(C)(C)C)cs2)[C@@H](C)N1C. The fraction of sp³-hybridized carbons (Fsp3) is 0.800. The van der Waals surface area contributed by atoms with Crippen LogP contribution in [0.5, 0.6) is 0 Å². The molecule has 1 aromatic heterocycles. The lowest BCUT2D eigenvalue weighted by Gasteiger charge is -2.21. The summed E-state index contributed by atoms with van der Waals surface area (Å²) >= 11 is 1.84. The van der Waals surface area contributed by atoms with Gasteiger partial charge in [-0.1, -0.05) is 20.8 Å². The highest BCUT2D eigenvalue weighted by Crippen LogP contribution is 2.32. The zero-order chi connectivity index (χ0) is 13.5. The Balaban J connectivity index is 2.05. The molecule has 2 unspecified atom stereocenters. The lowest BCUT2D eigenvalue weighted by molar-refractivity contribution is 0.249. The molecule has 1 saturated heterocycles. The highest BCUT2D eigenvalue weighted by Gasteiger charge is 2.34. The van der Waals surface area contributed by atoms with E-state index in [2.05, 4.69) is 51.9 Å². The van der Waals surface area contributed by atoms with Gasteiger partial charge in [0.1, 0.15) is 0 Å². The molecular weight excluding hydrogens is 240 g/mol. The monoisotopic (exact) mass is 266 g/mol. The van der Waals surface area contributed by atoms with Gasteiger partial charge in [0, 0.05) is 29.3 Å². The molecule has 1 aliphatic heterocycles. The molecule has 0 N–H and O–H groups in total. The van der Waals surface area contributed by atoms with Gasteiger partial charge in [0.05, 0.1) is 10.7 Å². The Bertz CT molecular complexity index is 405. The van der Waals surface area contributed by atoms with E-state index < -0.39 is 0 Å². The molecule has 102 valence electrons. The van der Waals surface area contributed by atoms with Gasteiger partial charge in [0.2, 0.25) is 0 Å². The van der Waals surface area contributed by atoms with Crippen molar-refractivity contribution in [3.63, 3.8) is 0 Å². The quantitative estimate of drug-likeness (QED) is 0.811. The van der Waals surface area contributed by atoms with Gasteiger partial charge in [0.15, 0.2) is 0 Å². The number of rotatable bonds is 2. The first-order valence-electron chi connectivity index (χ1n) is 6.96. The van der Waals surface area contributed by atoms with Gasteiger partial charge >= 0.3 is 0 Å². The molecule has 0 aromatic carbocycles. The van der Waals surface area contributed by atoms with Crippen molar-refractivity contribution >= 4 is 11.3 Å². The summed E-state index contributed by atoms with van der Waals surface area (Å²) < 4.78 is 0. The van der Waals surface area contributed by atoms with E-state index in [-0.39, 0.29) is 5.41 Å². The van der Waals surface area contributed by atoms with Crippen LogP contribution >= 0.6 is 11.3 Å². The van der Waals surface area contributed by atoms with E-state index in [1.165, 1.54) is 17.1 Å². The average molecular weight is 266 g/mol. The number of aromatic nitrogens is 1. The first-order chi connectivity index (χ1) is 8.29. The van der Waals surface area contributed by atoms with Gasteiger partial charge in [0.25, 0.3) is 0 Å². The Morgan fingerprint density at radius 2 is 2.06 bits per heavy atom. The first-order valence-corrected chi connectivity index (χ1v) is 7.84. The summed E-state index contributed by atoms with van der Waals surface area (Å²) in [5.41, 5.74) is 1.43. The van der Waals surface area contributed by atoms with E-state index >= 15 is 0 Å². The Kier molecular flexibility index (Phi) is 3.84. The normalized spacial score (nSPS) is 30.0. The molecule has 0 spiro atoms. The Labute approximate surface area is 115 Å². The summed E-state index contributed by atoms with van der Waals surface area (Å²) in [6.45, 7) is 11.4. The predicted molar refractivity (Wildman–Crippen MR) is 79.3 cm³/mol. The number of thiazole rings is 1. The van der Waals surface area contributed by atoms with Crippen LogP contribution in [0.3, 0.4) is 0 Å². The van der Waals surface area contributed by atoms with Crippen molar-refractivity contribution in [1.82, 2.24) is 9.88 Å². The summed E-state index contributed by atoms with van der Waals surface area (Å²) in [5, 5.41) is 3.56. The third-order valence-electron chi connectivity index (χ3n) is 4.42. The van der Waals surface area contributed by atoms with Crippen molar-refractivity contribution in [1.29, 1.82) is 0 Å². The fourth-order valence-corrected chi connectivity index (χ4v) is 3.88. The molecule has 1 aromatic rings. The lowest BCUT2D eigenvalue weighted by atomic mass is 9.93. The van der Waals surface area contributed by atoms with E-state index in [1.807, 2.05) is 11.3 Å². The van der Waals surface area contributed by atoms with Gasteiger partial charge < -0.3 is 4.90 Å². The van der Waals surface area contributed by atoms with Crippen molar-refractivity contribution in [2.24, 2.45) is 5.92 Å². The maximum atomic E-state index is 4.83. The summed E-state index contributed by atoms with van der Waals surface area (Å²) in [4.78, 5) is 7.33. The minimum Gasteiger partial charge on any atom is -0.301 e. The van der Waals surface area contributed by atoms with Crippen molar-refractivity contribution in [2.75, 3.05) is 7.05 Å². The lowest BCUT2D eigenvalue weighted by Crippen LogP contribution is -2.30. The average Bonchev–Trinajstić information content (AvgIpc) is 2.81. The van der Waals surface area contributed by atoms with Gasteiger partial charge in [-0.25, -0.2) is 4.98 Å². The minimum atomic E-state index is 0.181. The van der Waals surface area contributed by atoms with Crippen LogP contribution in [0.15, 0.2) is 5.38 Å². The van der Waals surface area contributed by atoms with Crippen LogP contribution < -0.4 is 0 Å². The first kappa shape index (κ1) is 14.0. The third kappa shape index (κ3) is 2.77. The van der Waals surface area contributed by atoms with E-state index in [4.69, 9.17) is 4.98 Å². The van der Waals surface area contributed by atoms with Crippen LogP contribution in [-0.2, 0) is 11.8 Å². The fourth-order valence-electron chi connectivity index (χ4n) is 2.76. The molecule has 0 amide bonds. The highest BCUT2D eigenvalue weighted by molar-refractivity contribution is 7.09. The van der Waals surface area contributed by atoms with Crippen LogP contribution in [0.2, 0.25) is 0 Å². The second kappa shape index (κ2) is 4.93. The predicted octanol–water partition coefficient (Wildman–Crippen LogP) is 3.71. The zero-order valence-electron chi connectivity index (χ0n) is 12.5. The van der Waals surface area contributed by atoms with Crippen LogP contribution in [-0.4, -0.2) is 29.0 Å². The summed E-state index contributed by atoms with van der Waals surface area (Å²) in [5.74, 6) is 0.768. The number of likely N-dealkylation sites (tertiary alicyclic amines) is 1. The van der Waals surface area contributed by atoms with Gasteiger partial charge in [-0.2, -0.15) is 0 Å². The molecule has 2 rings (SSSR count). The molecule has 0 bridgehead atoms.